The molecule has 2 aliphatic heterocycles. The van der Waals surface area contributed by atoms with Crippen LogP contribution < -0.4 is 10.5 Å². The van der Waals surface area contributed by atoms with E-state index in [0.29, 0.717) is 59.0 Å². The number of ether oxygens (including phenoxy) is 1. The number of rotatable bonds is 7. The highest BCUT2D eigenvalue weighted by Crippen LogP contribution is 2.33. The van der Waals surface area contributed by atoms with Gasteiger partial charge in [0.2, 0.25) is 0 Å². The van der Waals surface area contributed by atoms with Gasteiger partial charge in [0.25, 0.3) is 11.5 Å². The molecule has 9 nitrogen and oxygen atoms in total. The van der Waals surface area contributed by atoms with Crippen molar-refractivity contribution in [2.45, 2.75) is 6.92 Å². The average Bonchev–Trinajstić information content (AvgIpc) is 3.07. The summed E-state index contributed by atoms with van der Waals surface area (Å²) in [5.41, 5.74) is 1.65. The van der Waals surface area contributed by atoms with Crippen LogP contribution >= 0.6 is 24.0 Å². The van der Waals surface area contributed by atoms with Gasteiger partial charge in [-0.25, -0.2) is 4.98 Å². The fourth-order valence-electron chi connectivity index (χ4n) is 4.00. The van der Waals surface area contributed by atoms with Gasteiger partial charge < -0.3 is 14.7 Å². The molecule has 2 fully saturated rings. The summed E-state index contributed by atoms with van der Waals surface area (Å²) in [6, 6.07) is 3.73. The second kappa shape index (κ2) is 10.3. The summed E-state index contributed by atoms with van der Waals surface area (Å²) in [4.78, 5) is 37.6. The molecule has 33 heavy (non-hydrogen) atoms. The lowest BCUT2D eigenvalue weighted by atomic mass is 10.2. The van der Waals surface area contributed by atoms with Crippen LogP contribution in [0.5, 0.6) is 0 Å². The van der Waals surface area contributed by atoms with E-state index < -0.39 is 0 Å². The number of pyridine rings is 1. The van der Waals surface area contributed by atoms with E-state index in [1.165, 1.54) is 21.1 Å². The number of carbonyl (C=O) groups excluding carboxylic acids is 1. The fourth-order valence-corrected chi connectivity index (χ4v) is 5.29. The molecule has 0 bridgehead atoms. The largest absolute Gasteiger partial charge is 0.395 e. The van der Waals surface area contributed by atoms with Gasteiger partial charge in [-0.15, -0.1) is 0 Å². The van der Waals surface area contributed by atoms with E-state index in [9.17, 15) is 14.7 Å². The molecule has 0 aliphatic carbocycles. The topological polar surface area (TPSA) is 90.6 Å². The van der Waals surface area contributed by atoms with Crippen LogP contribution in [-0.4, -0.2) is 94.1 Å². The molecule has 1 N–H and O–H groups in total. The first-order valence-electron chi connectivity index (χ1n) is 10.8. The highest BCUT2D eigenvalue weighted by Gasteiger charge is 2.33. The molecule has 4 heterocycles. The Balaban J connectivity index is 1.77. The third-order valence-corrected chi connectivity index (χ3v) is 7.20. The normalized spacial score (nSPS) is 18.8. The van der Waals surface area contributed by atoms with Crippen LogP contribution in [0.3, 0.4) is 0 Å². The first-order valence-corrected chi connectivity index (χ1v) is 12.0. The number of amides is 1. The maximum Gasteiger partial charge on any atom is 0.267 e. The van der Waals surface area contributed by atoms with Crippen LogP contribution in [0.15, 0.2) is 28.0 Å². The number of aromatic nitrogens is 2. The number of aliphatic hydroxyl groups excluding tert-OH is 1. The summed E-state index contributed by atoms with van der Waals surface area (Å²) in [6.45, 7) is 6.26. The molecular formula is C22H27N5O4S2. The maximum absolute atomic E-state index is 13.6. The van der Waals surface area contributed by atoms with Gasteiger partial charge in [0.1, 0.15) is 15.8 Å². The Kier molecular flexibility index (Phi) is 7.45. The first-order chi connectivity index (χ1) is 15.9. The number of hydrogen-bond donors (Lipinski definition) is 1. The molecule has 176 valence electrons. The van der Waals surface area contributed by atoms with Gasteiger partial charge in [0, 0.05) is 46.0 Å². The maximum atomic E-state index is 13.6. The van der Waals surface area contributed by atoms with E-state index in [2.05, 4.69) is 9.80 Å². The zero-order chi connectivity index (χ0) is 23.5. The number of carbonyl (C=O) groups is 1. The molecule has 2 aromatic rings. The van der Waals surface area contributed by atoms with E-state index in [1.807, 2.05) is 19.1 Å². The number of fused-ring (bicyclic) bond motifs is 1. The highest BCUT2D eigenvalue weighted by molar-refractivity contribution is 8.26. The molecule has 0 aromatic carbocycles. The molecule has 11 heteroatoms. The van der Waals surface area contributed by atoms with Crippen LogP contribution in [0.25, 0.3) is 11.7 Å². The second-order valence-corrected chi connectivity index (χ2v) is 9.59. The Labute approximate surface area is 201 Å². The van der Waals surface area contributed by atoms with Crippen molar-refractivity contribution < 1.29 is 14.6 Å². The van der Waals surface area contributed by atoms with Gasteiger partial charge in [-0.1, -0.05) is 30.0 Å². The van der Waals surface area contributed by atoms with E-state index >= 15 is 0 Å². The molecule has 2 aliphatic rings. The van der Waals surface area contributed by atoms with Crippen molar-refractivity contribution in [2.24, 2.45) is 0 Å². The fraction of sp³-hybridized carbons (Fsp3) is 0.455. The molecule has 4 rings (SSSR count). The van der Waals surface area contributed by atoms with Gasteiger partial charge in [-0.2, -0.15) is 0 Å². The third-order valence-electron chi connectivity index (χ3n) is 5.82. The minimum Gasteiger partial charge on any atom is -0.395 e. The number of anilines is 1. The lowest BCUT2D eigenvalue weighted by Crippen LogP contribution is -2.48. The second-order valence-electron chi connectivity index (χ2n) is 7.92. The van der Waals surface area contributed by atoms with Crippen LogP contribution in [0, 0.1) is 6.92 Å². The lowest BCUT2D eigenvalue weighted by molar-refractivity contribution is -0.122. The van der Waals surface area contributed by atoms with Crippen LogP contribution in [0.1, 0.15) is 11.1 Å². The number of nitrogens with zero attached hydrogens (tertiary/aromatic N) is 5. The number of aryl methyl sites for hydroxylation is 1. The molecule has 0 saturated carbocycles. The minimum atomic E-state index is -0.227. The number of methoxy groups -OCH3 is 1. The quantitative estimate of drug-likeness (QED) is 0.451. The molecule has 1 amide bonds. The minimum absolute atomic E-state index is 0.116. The van der Waals surface area contributed by atoms with Gasteiger partial charge in [0.15, 0.2) is 0 Å². The SMILES string of the molecule is COCCN1C(=O)/C(=C\c2c(N3CCN(CCO)CC3)nc3c(C)cccn3c2=O)SC1=S. The molecule has 0 unspecified atom stereocenters. The highest BCUT2D eigenvalue weighted by atomic mass is 32.2. The summed E-state index contributed by atoms with van der Waals surface area (Å²) in [6.07, 6.45) is 3.33. The molecule has 0 atom stereocenters. The van der Waals surface area contributed by atoms with E-state index in [4.69, 9.17) is 21.9 Å². The summed E-state index contributed by atoms with van der Waals surface area (Å²) in [7, 11) is 1.57. The van der Waals surface area contributed by atoms with E-state index in [-0.39, 0.29) is 18.1 Å². The zero-order valence-electron chi connectivity index (χ0n) is 18.7. The average molecular weight is 490 g/mol. The number of piperazine rings is 1. The molecule has 0 radical (unpaired) electrons. The lowest BCUT2D eigenvalue weighted by Gasteiger charge is -2.35. The van der Waals surface area contributed by atoms with Crippen molar-refractivity contribution in [3.63, 3.8) is 0 Å². The molecule has 2 saturated heterocycles. The standard InChI is InChI=1S/C22H27N5O4S2/c1-15-4-3-5-26-18(15)23-19(25-8-6-24(7-9-25)10-12-28)16(20(26)29)14-17-21(30)27(11-13-31-2)22(32)33-17/h3-5,14,28H,6-13H2,1-2H3/b17-14+. The van der Waals surface area contributed by atoms with Gasteiger partial charge >= 0.3 is 0 Å². The van der Waals surface area contributed by atoms with Crippen LogP contribution in [0.4, 0.5) is 5.82 Å². The molecule has 0 spiro atoms. The van der Waals surface area contributed by atoms with Crippen LogP contribution in [-0.2, 0) is 9.53 Å². The zero-order valence-corrected chi connectivity index (χ0v) is 20.3. The summed E-state index contributed by atoms with van der Waals surface area (Å²) in [5.74, 6) is 0.342. The first kappa shape index (κ1) is 23.8. The summed E-state index contributed by atoms with van der Waals surface area (Å²) < 4.78 is 7.06. The van der Waals surface area contributed by atoms with Crippen molar-refractivity contribution in [1.29, 1.82) is 0 Å². The smallest absolute Gasteiger partial charge is 0.267 e. The predicted molar refractivity (Wildman–Crippen MR) is 134 cm³/mol. The molecule has 2 aromatic heterocycles. The van der Waals surface area contributed by atoms with Gasteiger partial charge in [-0.05, 0) is 24.6 Å². The van der Waals surface area contributed by atoms with Crippen molar-refractivity contribution in [2.75, 3.05) is 64.5 Å². The number of aliphatic hydroxyl groups is 1. The predicted octanol–water partition coefficient (Wildman–Crippen LogP) is 0.965. The number of hydrogen-bond acceptors (Lipinski definition) is 9. The van der Waals surface area contributed by atoms with Crippen molar-refractivity contribution in [3.8, 4) is 0 Å². The van der Waals surface area contributed by atoms with E-state index in [1.54, 1.807) is 19.4 Å². The Morgan fingerprint density at radius 2 is 2.00 bits per heavy atom. The van der Waals surface area contributed by atoms with E-state index in [0.717, 1.165) is 18.7 Å². The Morgan fingerprint density at radius 1 is 1.24 bits per heavy atom. The van der Waals surface area contributed by atoms with Crippen LogP contribution in [0.2, 0.25) is 0 Å². The van der Waals surface area contributed by atoms with Gasteiger partial charge in [0.05, 0.1) is 30.2 Å². The summed E-state index contributed by atoms with van der Waals surface area (Å²) >= 11 is 6.57. The monoisotopic (exact) mass is 489 g/mol. The Morgan fingerprint density at radius 3 is 2.70 bits per heavy atom. The van der Waals surface area contributed by atoms with Crippen molar-refractivity contribution in [1.82, 2.24) is 19.2 Å². The Hall–Kier alpha value is -2.31. The third kappa shape index (κ3) is 4.82. The Bertz CT molecular complexity index is 1160. The van der Waals surface area contributed by atoms with Gasteiger partial charge in [-0.3, -0.25) is 23.8 Å². The number of β-amino-alcohol motifs (C(OH)–C–C–N with tert-alkyl or cyclic N) is 1. The number of thioether (sulfide) groups is 1. The number of thiocarbonyl (C=S) groups is 1. The van der Waals surface area contributed by atoms with Crippen molar-refractivity contribution >= 4 is 51.7 Å². The van der Waals surface area contributed by atoms with Crippen molar-refractivity contribution in [3.05, 3.63) is 44.7 Å². The molecular weight excluding hydrogens is 462 g/mol. The summed E-state index contributed by atoms with van der Waals surface area (Å²) in [5, 5.41) is 9.24.